The van der Waals surface area contributed by atoms with Crippen molar-refractivity contribution in [3.05, 3.63) is 71.8 Å². The highest BCUT2D eigenvalue weighted by atomic mass is 16.7. The average Bonchev–Trinajstić information content (AvgIpc) is 3.38. The van der Waals surface area contributed by atoms with E-state index in [-0.39, 0.29) is 11.1 Å². The number of ketones is 1. The number of aliphatic hydroxyl groups excluding tert-OH is 4. The third-order valence-electron chi connectivity index (χ3n) is 6.29. The molecule has 1 saturated carbocycles. The van der Waals surface area contributed by atoms with Crippen LogP contribution in [-0.2, 0) is 9.47 Å². The van der Waals surface area contributed by atoms with Gasteiger partial charge in [0.25, 0.3) is 0 Å². The standard InChI is InChI=1S/C23H24O8/c1-21(2)23(31-21)19(28)16(25)15(24)18(27)22(23,17(26)13-9-5-3-6-10-13)30-20(29)14-11-7-4-8-12-14/h3-12,15-16,18-19,24-25,27-28H,1-2H3/t15-,16-,18+,19+,22+,23+/m1/s1. The van der Waals surface area contributed by atoms with E-state index in [1.807, 2.05) is 0 Å². The fraction of sp³-hybridized carbons (Fsp3) is 0.391. The second-order valence-corrected chi connectivity index (χ2v) is 8.41. The first-order chi connectivity index (χ1) is 14.6. The number of rotatable bonds is 4. The second kappa shape index (κ2) is 7.22. The quantitative estimate of drug-likeness (QED) is 0.313. The molecule has 2 aromatic carbocycles. The Labute approximate surface area is 178 Å². The van der Waals surface area contributed by atoms with Gasteiger partial charge in [0.05, 0.1) is 5.56 Å². The molecule has 1 saturated heterocycles. The van der Waals surface area contributed by atoms with Crippen molar-refractivity contribution < 1.29 is 39.5 Å². The molecule has 2 fully saturated rings. The molecule has 1 heterocycles. The number of benzene rings is 2. The first-order valence-electron chi connectivity index (χ1n) is 9.91. The van der Waals surface area contributed by atoms with Crippen LogP contribution in [0.25, 0.3) is 0 Å². The van der Waals surface area contributed by atoms with Crippen LogP contribution in [0.4, 0.5) is 0 Å². The first-order valence-corrected chi connectivity index (χ1v) is 9.91. The zero-order valence-electron chi connectivity index (χ0n) is 17.0. The molecule has 4 N–H and O–H groups in total. The number of hydrogen-bond acceptors (Lipinski definition) is 8. The van der Waals surface area contributed by atoms with Gasteiger partial charge in [-0.3, -0.25) is 4.79 Å². The van der Waals surface area contributed by atoms with Crippen molar-refractivity contribution in [1.82, 2.24) is 0 Å². The van der Waals surface area contributed by atoms with Crippen LogP contribution < -0.4 is 0 Å². The summed E-state index contributed by atoms with van der Waals surface area (Å²) in [6.45, 7) is 3.08. The van der Waals surface area contributed by atoms with Crippen LogP contribution in [0.3, 0.4) is 0 Å². The molecule has 164 valence electrons. The van der Waals surface area contributed by atoms with Crippen LogP contribution >= 0.6 is 0 Å². The minimum Gasteiger partial charge on any atom is -0.441 e. The predicted octanol–water partition coefficient (Wildman–Crippen LogP) is 0.470. The Balaban J connectivity index is 1.93. The van der Waals surface area contributed by atoms with Gasteiger partial charge >= 0.3 is 5.97 Å². The van der Waals surface area contributed by atoms with E-state index in [9.17, 15) is 30.0 Å². The number of Topliss-reactive ketones (excluding diaryl/α,β-unsaturated/α-hetero) is 1. The molecule has 8 heteroatoms. The molecule has 0 aromatic heterocycles. The number of carbonyl (C=O) groups is 2. The lowest BCUT2D eigenvalue weighted by molar-refractivity contribution is -0.236. The molecule has 2 aliphatic rings. The maximum Gasteiger partial charge on any atom is 0.339 e. The van der Waals surface area contributed by atoms with Gasteiger partial charge in [-0.15, -0.1) is 0 Å². The Kier molecular flexibility index (Phi) is 5.03. The summed E-state index contributed by atoms with van der Waals surface area (Å²) >= 11 is 0. The Bertz CT molecular complexity index is 991. The molecule has 1 aliphatic carbocycles. The van der Waals surface area contributed by atoms with E-state index in [2.05, 4.69) is 0 Å². The molecular formula is C23H24O8. The number of carbonyl (C=O) groups excluding carboxylic acids is 2. The van der Waals surface area contributed by atoms with Crippen LogP contribution in [0.5, 0.6) is 0 Å². The summed E-state index contributed by atoms with van der Waals surface area (Å²) in [7, 11) is 0. The topological polar surface area (TPSA) is 137 Å². The number of epoxide rings is 1. The van der Waals surface area contributed by atoms with E-state index in [4.69, 9.17) is 9.47 Å². The lowest BCUT2D eigenvalue weighted by Crippen LogP contribution is -2.78. The summed E-state index contributed by atoms with van der Waals surface area (Å²) in [6.07, 6.45) is -7.70. The lowest BCUT2D eigenvalue weighted by Gasteiger charge is -2.50. The van der Waals surface area contributed by atoms with E-state index < -0.39 is 53.0 Å². The van der Waals surface area contributed by atoms with Gasteiger partial charge in [-0.25, -0.2) is 4.79 Å². The van der Waals surface area contributed by atoms with Crippen LogP contribution in [0, 0.1) is 0 Å². The van der Waals surface area contributed by atoms with Crippen LogP contribution in [0.15, 0.2) is 60.7 Å². The monoisotopic (exact) mass is 428 g/mol. The molecule has 4 rings (SSSR count). The highest BCUT2D eigenvalue weighted by molar-refractivity contribution is 6.07. The summed E-state index contributed by atoms with van der Waals surface area (Å²) < 4.78 is 11.5. The van der Waals surface area contributed by atoms with Crippen LogP contribution in [0.1, 0.15) is 34.6 Å². The molecule has 8 nitrogen and oxygen atoms in total. The molecular weight excluding hydrogens is 404 g/mol. The van der Waals surface area contributed by atoms with Gasteiger partial charge in [0, 0.05) is 5.56 Å². The third-order valence-corrected chi connectivity index (χ3v) is 6.29. The molecule has 1 spiro atoms. The fourth-order valence-electron chi connectivity index (χ4n) is 4.68. The Morgan fingerprint density at radius 2 is 1.26 bits per heavy atom. The van der Waals surface area contributed by atoms with Crippen molar-refractivity contribution in [2.45, 2.75) is 55.1 Å². The van der Waals surface area contributed by atoms with Gasteiger partial charge in [-0.1, -0.05) is 48.5 Å². The van der Waals surface area contributed by atoms with Crippen molar-refractivity contribution in [2.75, 3.05) is 0 Å². The molecule has 31 heavy (non-hydrogen) atoms. The molecule has 0 radical (unpaired) electrons. The third kappa shape index (κ3) is 2.87. The highest BCUT2D eigenvalue weighted by Crippen LogP contribution is 2.63. The Morgan fingerprint density at radius 3 is 1.74 bits per heavy atom. The molecule has 0 amide bonds. The number of hydrogen-bond donors (Lipinski definition) is 4. The summed E-state index contributed by atoms with van der Waals surface area (Å²) in [5.41, 5.74) is -5.61. The van der Waals surface area contributed by atoms with E-state index >= 15 is 0 Å². The zero-order chi connectivity index (χ0) is 22.6. The lowest BCUT2D eigenvalue weighted by atomic mass is 9.61. The van der Waals surface area contributed by atoms with Crippen molar-refractivity contribution in [3.8, 4) is 0 Å². The molecule has 6 atom stereocenters. The molecule has 0 bridgehead atoms. The van der Waals surface area contributed by atoms with E-state index in [1.165, 1.54) is 38.1 Å². The van der Waals surface area contributed by atoms with Gasteiger partial charge in [0.15, 0.2) is 5.60 Å². The predicted molar refractivity (Wildman–Crippen MR) is 107 cm³/mol. The second-order valence-electron chi connectivity index (χ2n) is 8.41. The minimum atomic E-state index is -2.52. The maximum atomic E-state index is 13.8. The normalized spacial score (nSPS) is 36.1. The van der Waals surface area contributed by atoms with Crippen LogP contribution in [-0.4, -0.2) is 73.4 Å². The van der Waals surface area contributed by atoms with Gasteiger partial charge in [-0.2, -0.15) is 0 Å². The van der Waals surface area contributed by atoms with Gasteiger partial charge in [0.1, 0.15) is 30.0 Å². The summed E-state index contributed by atoms with van der Waals surface area (Å²) in [5.74, 6) is -1.81. The smallest absolute Gasteiger partial charge is 0.339 e. The van der Waals surface area contributed by atoms with Crippen molar-refractivity contribution in [2.24, 2.45) is 0 Å². The number of aliphatic hydroxyl groups is 4. The summed E-state index contributed by atoms with van der Waals surface area (Å²) in [4.78, 5) is 26.9. The SMILES string of the molecule is CC1(C)O[C@@]12[C@@H](O)[C@H](O)[C@@H](O)[C@H](O)[C@@]2(OC(=O)c1ccccc1)C(=O)c1ccccc1. The summed E-state index contributed by atoms with van der Waals surface area (Å²) in [5, 5.41) is 42.9. The van der Waals surface area contributed by atoms with Gasteiger partial charge in [0.2, 0.25) is 11.4 Å². The van der Waals surface area contributed by atoms with Gasteiger partial charge < -0.3 is 29.9 Å². The van der Waals surface area contributed by atoms with E-state index in [0.29, 0.717) is 0 Å². The maximum absolute atomic E-state index is 13.8. The average molecular weight is 428 g/mol. The minimum absolute atomic E-state index is 0.0730. The van der Waals surface area contributed by atoms with E-state index in [0.717, 1.165) is 0 Å². The summed E-state index contributed by atoms with van der Waals surface area (Å²) in [6, 6.07) is 15.6. The van der Waals surface area contributed by atoms with Crippen molar-refractivity contribution in [1.29, 1.82) is 0 Å². The zero-order valence-corrected chi connectivity index (χ0v) is 17.0. The van der Waals surface area contributed by atoms with Crippen LogP contribution in [0.2, 0.25) is 0 Å². The molecule has 0 unspecified atom stereocenters. The Morgan fingerprint density at radius 1 is 0.806 bits per heavy atom. The fourth-order valence-corrected chi connectivity index (χ4v) is 4.68. The first kappa shape index (κ1) is 21.6. The van der Waals surface area contributed by atoms with E-state index in [1.54, 1.807) is 36.4 Å². The largest absolute Gasteiger partial charge is 0.441 e. The molecule has 2 aromatic rings. The highest BCUT2D eigenvalue weighted by Gasteiger charge is 2.87. The number of esters is 1. The van der Waals surface area contributed by atoms with Crippen molar-refractivity contribution >= 4 is 11.8 Å². The number of ether oxygens (including phenoxy) is 2. The Hall–Kier alpha value is -2.62. The van der Waals surface area contributed by atoms with Gasteiger partial charge in [-0.05, 0) is 26.0 Å². The van der Waals surface area contributed by atoms with Crippen molar-refractivity contribution in [3.63, 3.8) is 0 Å². The molecule has 1 aliphatic heterocycles.